The van der Waals surface area contributed by atoms with Crippen molar-refractivity contribution in [3.05, 3.63) is 22.7 Å². The van der Waals surface area contributed by atoms with Crippen LogP contribution in [0.15, 0.2) is 12.1 Å². The van der Waals surface area contributed by atoms with Gasteiger partial charge in [-0.25, -0.2) is 0 Å². The highest BCUT2D eigenvalue weighted by molar-refractivity contribution is 6.32. The molecule has 1 aliphatic rings. The monoisotopic (exact) mass is 243 g/mol. The fourth-order valence-corrected chi connectivity index (χ4v) is 1.82. The van der Waals surface area contributed by atoms with Crippen LogP contribution in [0.2, 0.25) is 5.02 Å². The Hall–Kier alpha value is -0.970. The average molecular weight is 244 g/mol. The van der Waals surface area contributed by atoms with Crippen LogP contribution in [0.5, 0.6) is 11.5 Å². The fourth-order valence-electron chi connectivity index (χ4n) is 1.53. The van der Waals surface area contributed by atoms with Crippen molar-refractivity contribution in [3.63, 3.8) is 0 Å². The molecule has 1 aromatic rings. The second-order valence-corrected chi connectivity index (χ2v) is 3.89. The summed E-state index contributed by atoms with van der Waals surface area (Å²) in [5.41, 5.74) is 1.07. The van der Waals surface area contributed by atoms with Gasteiger partial charge in [-0.2, -0.15) is 0 Å². The maximum Gasteiger partial charge on any atom is 0.231 e. The van der Waals surface area contributed by atoms with Crippen molar-refractivity contribution in [3.8, 4) is 11.5 Å². The highest BCUT2D eigenvalue weighted by atomic mass is 35.5. The third kappa shape index (κ3) is 2.58. The van der Waals surface area contributed by atoms with E-state index in [2.05, 4.69) is 5.32 Å². The Kier molecular flexibility index (Phi) is 3.88. The Bertz CT molecular complexity index is 370. The molecule has 5 heteroatoms. The summed E-state index contributed by atoms with van der Waals surface area (Å²) in [6.07, 6.45) is 0. The smallest absolute Gasteiger partial charge is 0.231 e. The maximum atomic E-state index is 6.06. The van der Waals surface area contributed by atoms with E-state index in [-0.39, 0.29) is 6.79 Å². The standard InChI is InChI=1S/C11H14ClNO3/c1-14-3-2-13-6-8-4-9(12)11-10(5-8)15-7-16-11/h4-5,13H,2-3,6-7H2,1H3. The molecule has 0 atom stereocenters. The van der Waals surface area contributed by atoms with Gasteiger partial charge < -0.3 is 19.5 Å². The average Bonchev–Trinajstić information content (AvgIpc) is 2.73. The highest BCUT2D eigenvalue weighted by Gasteiger charge is 2.17. The molecule has 0 saturated carbocycles. The molecule has 2 rings (SSSR count). The van der Waals surface area contributed by atoms with Gasteiger partial charge in [-0.15, -0.1) is 0 Å². The SMILES string of the molecule is COCCNCc1cc(Cl)c2c(c1)OCO2. The molecule has 1 N–H and O–H groups in total. The van der Waals surface area contributed by atoms with Gasteiger partial charge in [0.25, 0.3) is 0 Å². The minimum Gasteiger partial charge on any atom is -0.454 e. The quantitative estimate of drug-likeness (QED) is 0.801. The normalized spacial score (nSPS) is 13.1. The maximum absolute atomic E-state index is 6.06. The van der Waals surface area contributed by atoms with E-state index in [4.69, 9.17) is 25.8 Å². The zero-order valence-electron chi connectivity index (χ0n) is 9.09. The van der Waals surface area contributed by atoms with Crippen LogP contribution in [-0.4, -0.2) is 27.1 Å². The van der Waals surface area contributed by atoms with E-state index in [1.54, 1.807) is 7.11 Å². The second-order valence-electron chi connectivity index (χ2n) is 3.48. The number of rotatable bonds is 5. The predicted octanol–water partition coefficient (Wildman–Crippen LogP) is 1.80. The van der Waals surface area contributed by atoms with Crippen LogP contribution in [-0.2, 0) is 11.3 Å². The van der Waals surface area contributed by atoms with Crippen LogP contribution in [0, 0.1) is 0 Å². The molecule has 0 aromatic heterocycles. The number of benzene rings is 1. The number of nitrogens with one attached hydrogen (secondary N) is 1. The number of methoxy groups -OCH3 is 1. The molecular weight excluding hydrogens is 230 g/mol. The highest BCUT2D eigenvalue weighted by Crippen LogP contribution is 2.39. The molecule has 16 heavy (non-hydrogen) atoms. The molecule has 1 heterocycles. The third-order valence-corrected chi connectivity index (χ3v) is 2.58. The summed E-state index contributed by atoms with van der Waals surface area (Å²) in [7, 11) is 1.68. The van der Waals surface area contributed by atoms with Crippen molar-refractivity contribution >= 4 is 11.6 Å². The molecule has 0 fully saturated rings. The number of hydrogen-bond acceptors (Lipinski definition) is 4. The Balaban J connectivity index is 1.97. The van der Waals surface area contributed by atoms with Crippen LogP contribution in [0.1, 0.15) is 5.56 Å². The van der Waals surface area contributed by atoms with Gasteiger partial charge in [0.2, 0.25) is 6.79 Å². The first-order chi connectivity index (χ1) is 7.81. The van der Waals surface area contributed by atoms with Crippen molar-refractivity contribution < 1.29 is 14.2 Å². The van der Waals surface area contributed by atoms with Gasteiger partial charge in [-0.1, -0.05) is 11.6 Å². The van der Waals surface area contributed by atoms with Gasteiger partial charge in [-0.05, 0) is 17.7 Å². The van der Waals surface area contributed by atoms with Gasteiger partial charge in [0.05, 0.1) is 11.6 Å². The molecule has 0 radical (unpaired) electrons. The zero-order chi connectivity index (χ0) is 11.4. The molecule has 1 aromatic carbocycles. The molecule has 4 nitrogen and oxygen atoms in total. The van der Waals surface area contributed by atoms with Crippen LogP contribution in [0.25, 0.3) is 0 Å². The molecule has 0 bridgehead atoms. The molecule has 0 spiro atoms. The van der Waals surface area contributed by atoms with Gasteiger partial charge >= 0.3 is 0 Å². The Morgan fingerprint density at radius 2 is 2.31 bits per heavy atom. The summed E-state index contributed by atoms with van der Waals surface area (Å²) in [6, 6.07) is 3.82. The van der Waals surface area contributed by atoms with Crippen molar-refractivity contribution in [2.75, 3.05) is 27.1 Å². The van der Waals surface area contributed by atoms with Gasteiger partial charge in [0.15, 0.2) is 11.5 Å². The Morgan fingerprint density at radius 1 is 1.44 bits per heavy atom. The first-order valence-corrected chi connectivity index (χ1v) is 5.46. The largest absolute Gasteiger partial charge is 0.454 e. The van der Waals surface area contributed by atoms with E-state index in [0.717, 1.165) is 24.4 Å². The molecule has 0 unspecified atom stereocenters. The van der Waals surface area contributed by atoms with E-state index in [1.807, 2.05) is 12.1 Å². The third-order valence-electron chi connectivity index (χ3n) is 2.30. The van der Waals surface area contributed by atoms with Crippen molar-refractivity contribution in [1.29, 1.82) is 0 Å². The summed E-state index contributed by atoms with van der Waals surface area (Å²) in [5.74, 6) is 1.36. The lowest BCUT2D eigenvalue weighted by molar-refractivity contribution is 0.174. The van der Waals surface area contributed by atoms with Crippen molar-refractivity contribution in [1.82, 2.24) is 5.32 Å². The lowest BCUT2D eigenvalue weighted by Gasteiger charge is -2.06. The lowest BCUT2D eigenvalue weighted by atomic mass is 10.2. The van der Waals surface area contributed by atoms with E-state index in [0.29, 0.717) is 17.4 Å². The molecule has 0 aliphatic carbocycles. The summed E-state index contributed by atoms with van der Waals surface area (Å²) in [4.78, 5) is 0. The minimum absolute atomic E-state index is 0.246. The van der Waals surface area contributed by atoms with Crippen LogP contribution in [0.3, 0.4) is 0 Å². The number of hydrogen-bond donors (Lipinski definition) is 1. The summed E-state index contributed by atoms with van der Waals surface area (Å²) < 4.78 is 15.5. The van der Waals surface area contributed by atoms with Crippen molar-refractivity contribution in [2.24, 2.45) is 0 Å². The first kappa shape index (κ1) is 11.5. The van der Waals surface area contributed by atoms with Gasteiger partial charge in [0, 0.05) is 20.2 Å². The summed E-state index contributed by atoms with van der Waals surface area (Å²) >= 11 is 6.06. The van der Waals surface area contributed by atoms with E-state index < -0.39 is 0 Å². The van der Waals surface area contributed by atoms with Crippen LogP contribution < -0.4 is 14.8 Å². The van der Waals surface area contributed by atoms with E-state index in [1.165, 1.54) is 0 Å². The molecular formula is C11H14ClNO3. The lowest BCUT2D eigenvalue weighted by Crippen LogP contribution is -2.18. The van der Waals surface area contributed by atoms with Gasteiger partial charge in [0.1, 0.15) is 0 Å². The topological polar surface area (TPSA) is 39.7 Å². The number of fused-ring (bicyclic) bond motifs is 1. The summed E-state index contributed by atoms with van der Waals surface area (Å²) in [5, 5.41) is 3.84. The van der Waals surface area contributed by atoms with Crippen LogP contribution >= 0.6 is 11.6 Å². The number of ether oxygens (including phenoxy) is 3. The predicted molar refractivity (Wildman–Crippen MR) is 61.2 cm³/mol. The number of halogens is 1. The summed E-state index contributed by atoms with van der Waals surface area (Å²) in [6.45, 7) is 2.48. The molecule has 88 valence electrons. The second kappa shape index (κ2) is 5.39. The Labute approximate surface area is 99.4 Å². The molecule has 1 aliphatic heterocycles. The van der Waals surface area contributed by atoms with E-state index in [9.17, 15) is 0 Å². The van der Waals surface area contributed by atoms with Crippen molar-refractivity contribution in [2.45, 2.75) is 6.54 Å². The molecule has 0 amide bonds. The minimum atomic E-state index is 0.246. The first-order valence-electron chi connectivity index (χ1n) is 5.09. The Morgan fingerprint density at radius 3 is 3.12 bits per heavy atom. The molecule has 0 saturated heterocycles. The van der Waals surface area contributed by atoms with E-state index >= 15 is 0 Å². The van der Waals surface area contributed by atoms with Crippen LogP contribution in [0.4, 0.5) is 0 Å². The van der Waals surface area contributed by atoms with Gasteiger partial charge in [-0.3, -0.25) is 0 Å². The fraction of sp³-hybridized carbons (Fsp3) is 0.455. The zero-order valence-corrected chi connectivity index (χ0v) is 9.84.